The van der Waals surface area contributed by atoms with Crippen LogP contribution in [0.25, 0.3) is 0 Å². The molecule has 0 amide bonds. The summed E-state index contributed by atoms with van der Waals surface area (Å²) in [4.78, 5) is 1.53. The maximum atomic E-state index is 3.63. The lowest BCUT2D eigenvalue weighted by molar-refractivity contribution is 0.376. The van der Waals surface area contributed by atoms with Gasteiger partial charge in [0.25, 0.3) is 0 Å². The van der Waals surface area contributed by atoms with Gasteiger partial charge in [-0.05, 0) is 49.6 Å². The lowest BCUT2D eigenvalue weighted by atomic mass is 9.95. The first kappa shape index (κ1) is 14.7. The average molecular weight is 253 g/mol. The first-order valence-corrected chi connectivity index (χ1v) is 7.90. The van der Waals surface area contributed by atoms with Crippen LogP contribution in [0.3, 0.4) is 0 Å². The topological polar surface area (TPSA) is 12.0 Å². The Morgan fingerprint density at radius 2 is 2.18 bits per heavy atom. The Labute approximate surface area is 111 Å². The number of hydrogen-bond acceptors (Lipinski definition) is 2. The predicted octanol–water partition coefficient (Wildman–Crippen LogP) is 4.49. The van der Waals surface area contributed by atoms with Gasteiger partial charge in [0.2, 0.25) is 0 Å². The summed E-state index contributed by atoms with van der Waals surface area (Å²) in [7, 11) is 0. The fraction of sp³-hybridized carbons (Fsp3) is 0.733. The second-order valence-corrected chi connectivity index (χ2v) is 6.01. The molecule has 2 heteroatoms. The van der Waals surface area contributed by atoms with Crippen molar-refractivity contribution in [2.75, 3.05) is 6.54 Å². The average Bonchev–Trinajstić information content (AvgIpc) is 2.82. The third kappa shape index (κ3) is 6.23. The fourth-order valence-corrected chi connectivity index (χ4v) is 2.97. The highest BCUT2D eigenvalue weighted by molar-refractivity contribution is 7.09. The van der Waals surface area contributed by atoms with Crippen LogP contribution < -0.4 is 5.32 Å². The molecule has 0 fully saturated rings. The summed E-state index contributed by atoms with van der Waals surface area (Å²) >= 11 is 1.89. The van der Waals surface area contributed by atoms with Crippen molar-refractivity contribution >= 4 is 11.3 Å². The van der Waals surface area contributed by atoms with Gasteiger partial charge in [-0.15, -0.1) is 11.3 Å². The van der Waals surface area contributed by atoms with Crippen molar-refractivity contribution in [2.45, 2.75) is 58.9 Å². The van der Waals surface area contributed by atoms with Gasteiger partial charge in [0, 0.05) is 10.9 Å². The van der Waals surface area contributed by atoms with Gasteiger partial charge >= 0.3 is 0 Å². The molecule has 1 aromatic rings. The fourth-order valence-electron chi connectivity index (χ4n) is 2.22. The van der Waals surface area contributed by atoms with Crippen molar-refractivity contribution in [2.24, 2.45) is 5.92 Å². The molecule has 0 aliphatic carbocycles. The smallest absolute Gasteiger partial charge is 0.00696 e. The van der Waals surface area contributed by atoms with Crippen LogP contribution in [-0.2, 0) is 6.42 Å². The molecule has 0 saturated carbocycles. The van der Waals surface area contributed by atoms with Crippen LogP contribution in [0.5, 0.6) is 0 Å². The SMILES string of the molecule is CCNC(CCCc1cccs1)CC(C)CC. The molecule has 0 bridgehead atoms. The Morgan fingerprint density at radius 1 is 1.35 bits per heavy atom. The standard InChI is InChI=1S/C15H27NS/c1-4-13(3)12-14(16-5-2)8-6-9-15-10-7-11-17-15/h7,10-11,13-14,16H,4-6,8-9,12H2,1-3H3. The van der Waals surface area contributed by atoms with Crippen molar-refractivity contribution in [1.29, 1.82) is 0 Å². The van der Waals surface area contributed by atoms with Crippen LogP contribution >= 0.6 is 11.3 Å². The molecule has 0 aromatic carbocycles. The highest BCUT2D eigenvalue weighted by Crippen LogP contribution is 2.17. The van der Waals surface area contributed by atoms with Crippen LogP contribution in [-0.4, -0.2) is 12.6 Å². The van der Waals surface area contributed by atoms with E-state index >= 15 is 0 Å². The minimum absolute atomic E-state index is 0.718. The molecule has 0 spiro atoms. The molecule has 0 aliphatic heterocycles. The van der Waals surface area contributed by atoms with Gasteiger partial charge in [-0.2, -0.15) is 0 Å². The van der Waals surface area contributed by atoms with Gasteiger partial charge in [-0.25, -0.2) is 0 Å². The van der Waals surface area contributed by atoms with Crippen molar-refractivity contribution in [3.8, 4) is 0 Å². The lowest BCUT2D eigenvalue weighted by Gasteiger charge is -2.21. The monoisotopic (exact) mass is 253 g/mol. The zero-order chi connectivity index (χ0) is 12.5. The summed E-state index contributed by atoms with van der Waals surface area (Å²) in [5.74, 6) is 0.848. The first-order valence-electron chi connectivity index (χ1n) is 7.02. The maximum absolute atomic E-state index is 3.63. The van der Waals surface area contributed by atoms with Gasteiger partial charge in [-0.3, -0.25) is 0 Å². The van der Waals surface area contributed by atoms with Gasteiger partial charge in [0.15, 0.2) is 0 Å². The Morgan fingerprint density at radius 3 is 2.76 bits per heavy atom. The summed E-state index contributed by atoms with van der Waals surface area (Å²) in [6, 6.07) is 5.12. The molecule has 0 saturated heterocycles. The van der Waals surface area contributed by atoms with Crippen LogP contribution in [0.2, 0.25) is 0 Å². The molecular formula is C15H27NS. The molecule has 0 aliphatic rings. The molecule has 2 unspecified atom stereocenters. The number of hydrogen-bond donors (Lipinski definition) is 1. The predicted molar refractivity (Wildman–Crippen MR) is 78.8 cm³/mol. The summed E-state index contributed by atoms with van der Waals surface area (Å²) in [5, 5.41) is 5.81. The number of aryl methyl sites for hydroxylation is 1. The molecule has 1 aromatic heterocycles. The van der Waals surface area contributed by atoms with E-state index in [0.717, 1.165) is 18.5 Å². The van der Waals surface area contributed by atoms with Crippen molar-refractivity contribution in [3.63, 3.8) is 0 Å². The van der Waals surface area contributed by atoms with E-state index in [4.69, 9.17) is 0 Å². The largest absolute Gasteiger partial charge is 0.314 e. The van der Waals surface area contributed by atoms with Gasteiger partial charge in [0.05, 0.1) is 0 Å². The number of nitrogens with one attached hydrogen (secondary N) is 1. The van der Waals surface area contributed by atoms with Crippen molar-refractivity contribution in [3.05, 3.63) is 22.4 Å². The Balaban J connectivity index is 2.23. The van der Waals surface area contributed by atoms with E-state index < -0.39 is 0 Å². The molecule has 1 heterocycles. The third-order valence-corrected chi connectivity index (χ3v) is 4.37. The second kappa shape index (κ2) is 8.71. The van der Waals surface area contributed by atoms with E-state index in [1.165, 1.54) is 37.0 Å². The normalized spacial score (nSPS) is 14.8. The summed E-state index contributed by atoms with van der Waals surface area (Å²) < 4.78 is 0. The van der Waals surface area contributed by atoms with Gasteiger partial charge in [0.1, 0.15) is 0 Å². The summed E-state index contributed by atoms with van der Waals surface area (Å²) in [6.45, 7) is 7.96. The molecule has 2 atom stereocenters. The van der Waals surface area contributed by atoms with E-state index in [-0.39, 0.29) is 0 Å². The molecule has 1 rings (SSSR count). The zero-order valence-electron chi connectivity index (χ0n) is 11.5. The molecule has 0 radical (unpaired) electrons. The minimum atomic E-state index is 0.718. The highest BCUT2D eigenvalue weighted by Gasteiger charge is 2.10. The summed E-state index contributed by atoms with van der Waals surface area (Å²) in [6.07, 6.45) is 6.51. The molecular weight excluding hydrogens is 226 g/mol. The van der Waals surface area contributed by atoms with Gasteiger partial charge in [-0.1, -0.05) is 33.3 Å². The number of thiophene rings is 1. The first-order chi connectivity index (χ1) is 8.26. The van der Waals surface area contributed by atoms with E-state index in [1.807, 2.05) is 11.3 Å². The van der Waals surface area contributed by atoms with Gasteiger partial charge < -0.3 is 5.32 Å². The Hall–Kier alpha value is -0.340. The quantitative estimate of drug-likeness (QED) is 0.684. The lowest BCUT2D eigenvalue weighted by Crippen LogP contribution is -2.30. The van der Waals surface area contributed by atoms with Crippen LogP contribution in [0.4, 0.5) is 0 Å². The van der Waals surface area contributed by atoms with Crippen LogP contribution in [0.15, 0.2) is 17.5 Å². The molecule has 17 heavy (non-hydrogen) atoms. The van der Waals surface area contributed by atoms with Crippen molar-refractivity contribution < 1.29 is 0 Å². The Bertz CT molecular complexity index is 268. The highest BCUT2D eigenvalue weighted by atomic mass is 32.1. The van der Waals surface area contributed by atoms with E-state index in [2.05, 4.69) is 43.6 Å². The van der Waals surface area contributed by atoms with E-state index in [1.54, 1.807) is 0 Å². The zero-order valence-corrected chi connectivity index (χ0v) is 12.4. The third-order valence-electron chi connectivity index (χ3n) is 3.43. The van der Waals surface area contributed by atoms with E-state index in [9.17, 15) is 0 Å². The molecule has 1 nitrogen and oxygen atoms in total. The van der Waals surface area contributed by atoms with Crippen LogP contribution in [0, 0.1) is 5.92 Å². The van der Waals surface area contributed by atoms with Crippen LogP contribution in [0.1, 0.15) is 51.3 Å². The minimum Gasteiger partial charge on any atom is -0.314 e. The summed E-state index contributed by atoms with van der Waals surface area (Å²) in [5.41, 5.74) is 0. The number of rotatable bonds is 9. The van der Waals surface area contributed by atoms with Crippen molar-refractivity contribution in [1.82, 2.24) is 5.32 Å². The Kier molecular flexibility index (Phi) is 7.54. The second-order valence-electron chi connectivity index (χ2n) is 4.98. The van der Waals surface area contributed by atoms with E-state index in [0.29, 0.717) is 0 Å². The molecule has 1 N–H and O–H groups in total. The maximum Gasteiger partial charge on any atom is 0.00696 e. The molecule has 98 valence electrons.